The van der Waals surface area contributed by atoms with Gasteiger partial charge in [-0.1, -0.05) is 27.7 Å². The molecule has 1 aliphatic heterocycles. The molecule has 2 unspecified atom stereocenters. The Morgan fingerprint density at radius 2 is 2.10 bits per heavy atom. The Balaban J connectivity index is 2.22. The maximum absolute atomic E-state index is 12.6. The van der Waals surface area contributed by atoms with Gasteiger partial charge in [0, 0.05) is 6.42 Å². The molecule has 0 aliphatic carbocycles. The van der Waals surface area contributed by atoms with Crippen molar-refractivity contribution < 1.29 is 14.0 Å². The number of oxazole rings is 1. The zero-order chi connectivity index (χ0) is 15.6. The van der Waals surface area contributed by atoms with Crippen LogP contribution in [0.15, 0.2) is 10.6 Å². The Morgan fingerprint density at radius 3 is 2.62 bits per heavy atom. The number of carbonyl (C=O) groups is 2. The second-order valence-corrected chi connectivity index (χ2v) is 5.69. The molecule has 1 aromatic heterocycles. The molecule has 1 N–H and O–H groups in total. The predicted molar refractivity (Wildman–Crippen MR) is 77.3 cm³/mol. The van der Waals surface area contributed by atoms with Crippen molar-refractivity contribution in [1.82, 2.24) is 15.2 Å². The number of amides is 2. The van der Waals surface area contributed by atoms with Crippen molar-refractivity contribution in [1.29, 1.82) is 0 Å². The zero-order valence-electron chi connectivity index (χ0n) is 13.0. The van der Waals surface area contributed by atoms with E-state index in [0.717, 1.165) is 12.2 Å². The van der Waals surface area contributed by atoms with Crippen molar-refractivity contribution in [3.8, 4) is 0 Å². The van der Waals surface area contributed by atoms with Crippen LogP contribution in [0, 0.1) is 5.92 Å². The number of aromatic nitrogens is 1. The Bertz CT molecular complexity index is 524. The van der Waals surface area contributed by atoms with Gasteiger partial charge in [-0.2, -0.15) is 0 Å². The Kier molecular flexibility index (Phi) is 4.65. The molecule has 0 spiro atoms. The first-order valence-electron chi connectivity index (χ1n) is 7.52. The van der Waals surface area contributed by atoms with Crippen molar-refractivity contribution >= 4 is 11.8 Å². The summed E-state index contributed by atoms with van der Waals surface area (Å²) < 4.78 is 5.57. The summed E-state index contributed by atoms with van der Waals surface area (Å²) in [7, 11) is 0. The SMILES string of the molecule is CCc1cnc(CN2C(=O)C(C(C)C)NC(=O)C2CC)o1. The smallest absolute Gasteiger partial charge is 0.246 e. The molecule has 2 rings (SSSR count). The van der Waals surface area contributed by atoms with Crippen molar-refractivity contribution in [3.63, 3.8) is 0 Å². The van der Waals surface area contributed by atoms with Crippen LogP contribution < -0.4 is 5.32 Å². The second kappa shape index (κ2) is 6.28. The normalized spacial score (nSPS) is 22.8. The zero-order valence-corrected chi connectivity index (χ0v) is 13.0. The molecule has 21 heavy (non-hydrogen) atoms. The fraction of sp³-hybridized carbons (Fsp3) is 0.667. The molecule has 0 aromatic carbocycles. The van der Waals surface area contributed by atoms with Gasteiger partial charge in [-0.05, 0) is 12.3 Å². The van der Waals surface area contributed by atoms with Gasteiger partial charge in [0.05, 0.1) is 12.7 Å². The van der Waals surface area contributed by atoms with E-state index in [1.807, 2.05) is 27.7 Å². The number of hydrogen-bond acceptors (Lipinski definition) is 4. The van der Waals surface area contributed by atoms with Crippen LogP contribution in [-0.2, 0) is 22.6 Å². The van der Waals surface area contributed by atoms with Crippen LogP contribution in [0.2, 0.25) is 0 Å². The molecule has 116 valence electrons. The van der Waals surface area contributed by atoms with Gasteiger partial charge in [-0.15, -0.1) is 0 Å². The number of rotatable bonds is 5. The predicted octanol–water partition coefficient (Wildman–Crippen LogP) is 1.50. The van der Waals surface area contributed by atoms with Gasteiger partial charge in [0.1, 0.15) is 17.8 Å². The molecule has 1 fully saturated rings. The minimum atomic E-state index is -0.471. The third-order valence-corrected chi connectivity index (χ3v) is 3.83. The number of piperazine rings is 1. The van der Waals surface area contributed by atoms with Crippen LogP contribution in [0.4, 0.5) is 0 Å². The highest BCUT2D eigenvalue weighted by Gasteiger charge is 2.41. The number of aryl methyl sites for hydroxylation is 1. The summed E-state index contributed by atoms with van der Waals surface area (Å²) >= 11 is 0. The summed E-state index contributed by atoms with van der Waals surface area (Å²) in [6.45, 7) is 7.97. The van der Waals surface area contributed by atoms with E-state index in [1.165, 1.54) is 0 Å². The maximum atomic E-state index is 12.6. The number of hydrogen-bond donors (Lipinski definition) is 1. The van der Waals surface area contributed by atoms with Gasteiger partial charge < -0.3 is 14.6 Å². The fourth-order valence-electron chi connectivity index (χ4n) is 2.56. The highest BCUT2D eigenvalue weighted by molar-refractivity contribution is 5.97. The van der Waals surface area contributed by atoms with Crippen LogP contribution in [0.1, 0.15) is 45.8 Å². The highest BCUT2D eigenvalue weighted by Crippen LogP contribution is 2.20. The lowest BCUT2D eigenvalue weighted by Crippen LogP contribution is -2.64. The Labute approximate surface area is 124 Å². The lowest BCUT2D eigenvalue weighted by molar-refractivity contribution is -0.151. The van der Waals surface area contributed by atoms with Gasteiger partial charge >= 0.3 is 0 Å². The topological polar surface area (TPSA) is 75.4 Å². The van der Waals surface area contributed by atoms with E-state index in [1.54, 1.807) is 11.1 Å². The van der Waals surface area contributed by atoms with E-state index < -0.39 is 12.1 Å². The van der Waals surface area contributed by atoms with E-state index in [4.69, 9.17) is 4.42 Å². The molecule has 1 aliphatic rings. The molecular weight excluding hydrogens is 270 g/mol. The van der Waals surface area contributed by atoms with Gasteiger partial charge in [0.25, 0.3) is 0 Å². The summed E-state index contributed by atoms with van der Waals surface area (Å²) in [6, 6.07) is -0.926. The van der Waals surface area contributed by atoms with Crippen molar-refractivity contribution in [2.24, 2.45) is 5.92 Å². The van der Waals surface area contributed by atoms with E-state index in [9.17, 15) is 9.59 Å². The van der Waals surface area contributed by atoms with Crippen LogP contribution in [0.5, 0.6) is 0 Å². The molecule has 1 aromatic rings. The largest absolute Gasteiger partial charge is 0.444 e. The molecule has 0 saturated carbocycles. The first kappa shape index (κ1) is 15.5. The lowest BCUT2D eigenvalue weighted by Gasteiger charge is -2.39. The monoisotopic (exact) mass is 293 g/mol. The minimum absolute atomic E-state index is 0.0533. The molecule has 0 radical (unpaired) electrons. The average molecular weight is 293 g/mol. The van der Waals surface area contributed by atoms with E-state index in [0.29, 0.717) is 12.3 Å². The van der Waals surface area contributed by atoms with E-state index in [2.05, 4.69) is 10.3 Å². The van der Waals surface area contributed by atoms with Crippen LogP contribution in [0.3, 0.4) is 0 Å². The summed E-state index contributed by atoms with van der Waals surface area (Å²) in [5.41, 5.74) is 0. The van der Waals surface area contributed by atoms with Crippen molar-refractivity contribution in [2.75, 3.05) is 0 Å². The Morgan fingerprint density at radius 1 is 1.38 bits per heavy atom. The molecule has 2 amide bonds. The quantitative estimate of drug-likeness (QED) is 0.892. The standard InChI is InChI=1S/C15H23N3O3/c1-5-10-7-16-12(21-10)8-18-11(6-2)14(19)17-13(9(3)4)15(18)20/h7,9,11,13H,5-6,8H2,1-4H3,(H,17,19). The molecular formula is C15H23N3O3. The maximum Gasteiger partial charge on any atom is 0.246 e. The first-order chi connectivity index (χ1) is 9.97. The van der Waals surface area contributed by atoms with Crippen LogP contribution >= 0.6 is 0 Å². The third kappa shape index (κ3) is 3.09. The average Bonchev–Trinajstić information content (AvgIpc) is 2.90. The third-order valence-electron chi connectivity index (χ3n) is 3.83. The summed E-state index contributed by atoms with van der Waals surface area (Å²) in [6.07, 6.45) is 3.00. The van der Waals surface area contributed by atoms with Crippen molar-refractivity contribution in [2.45, 2.75) is 59.2 Å². The molecule has 6 nitrogen and oxygen atoms in total. The van der Waals surface area contributed by atoms with E-state index >= 15 is 0 Å². The summed E-state index contributed by atoms with van der Waals surface area (Å²) in [5, 5.41) is 2.82. The van der Waals surface area contributed by atoms with Crippen LogP contribution in [0.25, 0.3) is 0 Å². The molecule has 0 bridgehead atoms. The van der Waals surface area contributed by atoms with Crippen molar-refractivity contribution in [3.05, 3.63) is 17.8 Å². The summed E-state index contributed by atoms with van der Waals surface area (Å²) in [4.78, 5) is 30.6. The first-order valence-corrected chi connectivity index (χ1v) is 7.52. The molecule has 2 atom stereocenters. The van der Waals surface area contributed by atoms with Crippen LogP contribution in [-0.4, -0.2) is 33.8 Å². The molecule has 6 heteroatoms. The minimum Gasteiger partial charge on any atom is -0.444 e. The Hall–Kier alpha value is -1.85. The van der Waals surface area contributed by atoms with Gasteiger partial charge in [0.15, 0.2) is 0 Å². The second-order valence-electron chi connectivity index (χ2n) is 5.69. The lowest BCUT2D eigenvalue weighted by atomic mass is 9.97. The molecule has 1 saturated heterocycles. The van der Waals surface area contributed by atoms with Gasteiger partial charge in [0.2, 0.25) is 17.7 Å². The summed E-state index contributed by atoms with van der Waals surface area (Å²) in [5.74, 6) is 1.16. The highest BCUT2D eigenvalue weighted by atomic mass is 16.4. The number of nitrogens with one attached hydrogen (secondary N) is 1. The van der Waals surface area contributed by atoms with E-state index in [-0.39, 0.29) is 24.3 Å². The van der Waals surface area contributed by atoms with Gasteiger partial charge in [-0.3, -0.25) is 9.59 Å². The number of nitrogens with zero attached hydrogens (tertiary/aromatic N) is 2. The fourth-order valence-corrected chi connectivity index (χ4v) is 2.56. The number of carbonyl (C=O) groups excluding carboxylic acids is 2. The molecule has 2 heterocycles. The van der Waals surface area contributed by atoms with Gasteiger partial charge in [-0.25, -0.2) is 4.98 Å².